The van der Waals surface area contributed by atoms with Crippen LogP contribution in [0.5, 0.6) is 11.5 Å². The SMILES string of the molecule is Cc1cc(C)cc(Oc2ccc(NC(=O)CCC(=O)OCC(=O)Nc3cc(C(F)(F)F)ccc3Cl)cc2)c1. The Morgan fingerprint density at radius 1 is 0.816 bits per heavy atom. The van der Waals surface area contributed by atoms with Gasteiger partial charge >= 0.3 is 12.1 Å². The van der Waals surface area contributed by atoms with Crippen molar-refractivity contribution in [2.75, 3.05) is 17.2 Å². The lowest BCUT2D eigenvalue weighted by Crippen LogP contribution is -2.22. The first-order valence-corrected chi connectivity index (χ1v) is 11.7. The summed E-state index contributed by atoms with van der Waals surface area (Å²) in [5.74, 6) is -0.884. The van der Waals surface area contributed by atoms with E-state index in [1.807, 2.05) is 32.0 Å². The van der Waals surface area contributed by atoms with Gasteiger partial charge in [-0.3, -0.25) is 14.4 Å². The van der Waals surface area contributed by atoms with E-state index in [1.165, 1.54) is 0 Å². The molecule has 0 aliphatic carbocycles. The second-order valence-electron chi connectivity index (χ2n) is 8.40. The third-order valence-corrected chi connectivity index (χ3v) is 5.39. The Balaban J connectivity index is 1.41. The van der Waals surface area contributed by atoms with Crippen molar-refractivity contribution in [3.63, 3.8) is 0 Å². The standard InChI is InChI=1S/C27H24ClF3N2O5/c1-16-11-17(2)13-21(12-16)38-20-6-4-19(5-7-20)32-24(34)9-10-26(36)37-15-25(35)33-23-14-18(27(29,30)31)3-8-22(23)28/h3-8,11-14H,9-10,15H2,1-2H3,(H,32,34)(H,33,35). The zero-order valence-electron chi connectivity index (χ0n) is 20.4. The summed E-state index contributed by atoms with van der Waals surface area (Å²) >= 11 is 5.82. The van der Waals surface area contributed by atoms with Gasteiger partial charge in [0.1, 0.15) is 11.5 Å². The summed E-state index contributed by atoms with van der Waals surface area (Å²) < 4.78 is 49.1. The van der Waals surface area contributed by atoms with E-state index < -0.39 is 36.1 Å². The fraction of sp³-hybridized carbons (Fsp3) is 0.222. The Morgan fingerprint density at radius 3 is 2.11 bits per heavy atom. The van der Waals surface area contributed by atoms with Crippen molar-refractivity contribution >= 4 is 40.8 Å². The van der Waals surface area contributed by atoms with Crippen molar-refractivity contribution in [2.45, 2.75) is 32.9 Å². The van der Waals surface area contributed by atoms with Crippen LogP contribution in [0.2, 0.25) is 5.02 Å². The summed E-state index contributed by atoms with van der Waals surface area (Å²) in [7, 11) is 0. The smallest absolute Gasteiger partial charge is 0.416 e. The molecule has 0 saturated heterocycles. The van der Waals surface area contributed by atoms with E-state index in [-0.39, 0.29) is 23.6 Å². The molecule has 3 aromatic carbocycles. The van der Waals surface area contributed by atoms with Crippen molar-refractivity contribution in [1.82, 2.24) is 0 Å². The van der Waals surface area contributed by atoms with Crippen LogP contribution in [0.3, 0.4) is 0 Å². The second-order valence-corrected chi connectivity index (χ2v) is 8.81. The van der Waals surface area contributed by atoms with Gasteiger partial charge in [0, 0.05) is 12.1 Å². The third kappa shape index (κ3) is 8.81. The van der Waals surface area contributed by atoms with Crippen molar-refractivity contribution in [3.05, 3.63) is 82.4 Å². The van der Waals surface area contributed by atoms with Crippen molar-refractivity contribution in [3.8, 4) is 11.5 Å². The minimum absolute atomic E-state index is 0.112. The predicted molar refractivity (Wildman–Crippen MR) is 136 cm³/mol. The number of carbonyl (C=O) groups excluding carboxylic acids is 3. The maximum absolute atomic E-state index is 12.8. The number of anilines is 2. The molecule has 200 valence electrons. The van der Waals surface area contributed by atoms with Crippen molar-refractivity contribution < 1.29 is 37.0 Å². The Labute approximate surface area is 221 Å². The second kappa shape index (κ2) is 12.5. The Bertz CT molecular complexity index is 1310. The van der Waals surface area contributed by atoms with E-state index in [9.17, 15) is 27.6 Å². The van der Waals surface area contributed by atoms with Crippen LogP contribution in [-0.2, 0) is 25.3 Å². The van der Waals surface area contributed by atoms with Crippen LogP contribution < -0.4 is 15.4 Å². The molecule has 0 bridgehead atoms. The third-order valence-electron chi connectivity index (χ3n) is 5.06. The number of halogens is 4. The highest BCUT2D eigenvalue weighted by molar-refractivity contribution is 6.33. The lowest BCUT2D eigenvalue weighted by Gasteiger charge is -2.12. The molecule has 0 heterocycles. The van der Waals surface area contributed by atoms with Crippen LogP contribution in [0.1, 0.15) is 29.5 Å². The number of hydrogen-bond acceptors (Lipinski definition) is 5. The minimum Gasteiger partial charge on any atom is -0.457 e. The summed E-state index contributed by atoms with van der Waals surface area (Å²) in [4.78, 5) is 36.0. The molecule has 7 nitrogen and oxygen atoms in total. The molecule has 0 saturated carbocycles. The Hall–Kier alpha value is -4.05. The highest BCUT2D eigenvalue weighted by atomic mass is 35.5. The molecule has 0 radical (unpaired) electrons. The number of hydrogen-bond donors (Lipinski definition) is 2. The van der Waals surface area contributed by atoms with Gasteiger partial charge in [-0.1, -0.05) is 17.7 Å². The number of aryl methyl sites for hydroxylation is 2. The molecule has 0 aromatic heterocycles. The summed E-state index contributed by atoms with van der Waals surface area (Å²) in [6.07, 6.45) is -5.13. The lowest BCUT2D eigenvalue weighted by molar-refractivity contribution is -0.147. The number of carbonyl (C=O) groups is 3. The molecule has 0 fully saturated rings. The van der Waals surface area contributed by atoms with Gasteiger partial charge in [-0.15, -0.1) is 0 Å². The van der Waals surface area contributed by atoms with Crippen molar-refractivity contribution in [1.29, 1.82) is 0 Å². The van der Waals surface area contributed by atoms with Gasteiger partial charge in [0.2, 0.25) is 5.91 Å². The molecule has 11 heteroatoms. The number of amides is 2. The average molecular weight is 549 g/mol. The molecule has 2 N–H and O–H groups in total. The normalized spacial score (nSPS) is 11.0. The summed E-state index contributed by atoms with van der Waals surface area (Å²) in [6.45, 7) is 3.19. The van der Waals surface area contributed by atoms with E-state index in [2.05, 4.69) is 10.6 Å². The number of ether oxygens (including phenoxy) is 2. The molecule has 0 unspecified atom stereocenters. The zero-order valence-corrected chi connectivity index (χ0v) is 21.2. The van der Waals surface area contributed by atoms with Gasteiger partial charge < -0.3 is 20.1 Å². The van der Waals surface area contributed by atoms with Gasteiger partial charge in [-0.2, -0.15) is 13.2 Å². The fourth-order valence-corrected chi connectivity index (χ4v) is 3.54. The molecule has 0 aliphatic heterocycles. The summed E-state index contributed by atoms with van der Waals surface area (Å²) in [6, 6.07) is 15.0. The van der Waals surface area contributed by atoms with E-state index >= 15 is 0 Å². The van der Waals surface area contributed by atoms with Gasteiger partial charge in [0.05, 0.1) is 22.7 Å². The Kier molecular flexibility index (Phi) is 9.35. The first-order chi connectivity index (χ1) is 17.9. The number of esters is 1. The van der Waals surface area contributed by atoms with Crippen LogP contribution in [0.15, 0.2) is 60.7 Å². The maximum Gasteiger partial charge on any atom is 0.416 e. The lowest BCUT2D eigenvalue weighted by atomic mass is 10.1. The maximum atomic E-state index is 12.8. The molecular formula is C27H24ClF3N2O5. The van der Waals surface area contributed by atoms with Crippen molar-refractivity contribution in [2.24, 2.45) is 0 Å². The van der Waals surface area contributed by atoms with Crippen LogP contribution in [0.4, 0.5) is 24.5 Å². The Morgan fingerprint density at radius 2 is 1.47 bits per heavy atom. The number of benzene rings is 3. The van der Waals surface area contributed by atoms with Crippen LogP contribution >= 0.6 is 11.6 Å². The molecule has 0 atom stereocenters. The first kappa shape index (κ1) is 28.5. The molecular weight excluding hydrogens is 525 g/mol. The predicted octanol–water partition coefficient (Wildman–Crippen LogP) is 6.67. The zero-order chi connectivity index (χ0) is 27.9. The summed E-state index contributed by atoms with van der Waals surface area (Å²) in [5, 5.41) is 4.69. The van der Waals surface area contributed by atoms with E-state index in [0.29, 0.717) is 23.3 Å². The van der Waals surface area contributed by atoms with Gasteiger partial charge in [-0.25, -0.2) is 0 Å². The number of alkyl halides is 3. The molecule has 0 aliphatic rings. The first-order valence-electron chi connectivity index (χ1n) is 11.4. The quantitative estimate of drug-likeness (QED) is 0.291. The van der Waals surface area contributed by atoms with E-state index in [4.69, 9.17) is 21.1 Å². The van der Waals surface area contributed by atoms with Crippen LogP contribution in [-0.4, -0.2) is 24.4 Å². The monoisotopic (exact) mass is 548 g/mol. The highest BCUT2D eigenvalue weighted by Crippen LogP contribution is 2.33. The average Bonchev–Trinajstić information content (AvgIpc) is 2.83. The van der Waals surface area contributed by atoms with E-state index in [1.54, 1.807) is 24.3 Å². The molecule has 0 spiro atoms. The molecule has 3 aromatic rings. The van der Waals surface area contributed by atoms with Crippen LogP contribution in [0, 0.1) is 13.8 Å². The van der Waals surface area contributed by atoms with Crippen LogP contribution in [0.25, 0.3) is 0 Å². The largest absolute Gasteiger partial charge is 0.457 e. The van der Waals surface area contributed by atoms with E-state index in [0.717, 1.165) is 23.3 Å². The molecule has 38 heavy (non-hydrogen) atoms. The van der Waals surface area contributed by atoms with Gasteiger partial charge in [0.15, 0.2) is 6.61 Å². The molecule has 3 rings (SSSR count). The topological polar surface area (TPSA) is 93.7 Å². The number of rotatable bonds is 9. The van der Waals surface area contributed by atoms with Gasteiger partial charge in [0.25, 0.3) is 5.91 Å². The molecule has 2 amide bonds. The van der Waals surface area contributed by atoms with Gasteiger partial charge in [-0.05, 0) is 79.6 Å². The number of nitrogens with one attached hydrogen (secondary N) is 2. The minimum atomic E-state index is -4.62. The summed E-state index contributed by atoms with van der Waals surface area (Å²) in [5.41, 5.74) is 1.37. The highest BCUT2D eigenvalue weighted by Gasteiger charge is 2.31. The fourth-order valence-electron chi connectivity index (χ4n) is 3.38.